The molecule has 0 radical (unpaired) electrons. The molecule has 2 amide bonds. The minimum absolute atomic E-state index is 0.181. The van der Waals surface area contributed by atoms with E-state index in [1.807, 2.05) is 80.9 Å². The molecule has 6 heteroatoms. The van der Waals surface area contributed by atoms with Gasteiger partial charge in [-0.1, -0.05) is 35.9 Å². The highest BCUT2D eigenvalue weighted by molar-refractivity contribution is 5.74. The zero-order chi connectivity index (χ0) is 21.0. The van der Waals surface area contributed by atoms with Crippen LogP contribution in [0.15, 0.2) is 48.5 Å². The molecule has 2 aromatic carbocycles. The van der Waals surface area contributed by atoms with E-state index in [1.165, 1.54) is 0 Å². The number of hydrogen-bond acceptors (Lipinski definition) is 3. The van der Waals surface area contributed by atoms with E-state index in [0.717, 1.165) is 39.5 Å². The Kier molecular flexibility index (Phi) is 6.22. The molecular weight excluding hydrogens is 364 g/mol. The van der Waals surface area contributed by atoms with E-state index < -0.39 is 0 Å². The lowest BCUT2D eigenvalue weighted by Crippen LogP contribution is -2.37. The number of carbonyl (C=O) groups excluding carboxylic acids is 1. The highest BCUT2D eigenvalue weighted by Crippen LogP contribution is 2.26. The molecule has 0 saturated heterocycles. The van der Waals surface area contributed by atoms with Crippen molar-refractivity contribution < 1.29 is 9.53 Å². The van der Waals surface area contributed by atoms with Gasteiger partial charge in [0, 0.05) is 23.4 Å². The summed E-state index contributed by atoms with van der Waals surface area (Å²) in [4.78, 5) is 12.5. The lowest BCUT2D eigenvalue weighted by molar-refractivity contribution is 0.237. The van der Waals surface area contributed by atoms with Gasteiger partial charge >= 0.3 is 6.03 Å². The summed E-state index contributed by atoms with van der Waals surface area (Å²) in [6.45, 7) is 8.35. The Balaban J connectivity index is 1.67. The van der Waals surface area contributed by atoms with Crippen molar-refractivity contribution in [1.29, 1.82) is 0 Å². The predicted molar refractivity (Wildman–Crippen MR) is 115 cm³/mol. The van der Waals surface area contributed by atoms with Gasteiger partial charge in [-0.15, -0.1) is 0 Å². The maximum atomic E-state index is 12.5. The summed E-state index contributed by atoms with van der Waals surface area (Å²) in [6.07, 6.45) is 0. The molecule has 1 heterocycles. The van der Waals surface area contributed by atoms with Gasteiger partial charge in [-0.2, -0.15) is 5.10 Å². The Morgan fingerprint density at radius 2 is 1.86 bits per heavy atom. The topological polar surface area (TPSA) is 68.2 Å². The number of nitrogens with zero attached hydrogens (tertiary/aromatic N) is 2. The molecule has 0 spiro atoms. The molecule has 3 aromatic rings. The summed E-state index contributed by atoms with van der Waals surface area (Å²) in [6, 6.07) is 15.5. The molecule has 0 aliphatic rings. The van der Waals surface area contributed by atoms with Gasteiger partial charge in [0.2, 0.25) is 0 Å². The molecule has 0 aliphatic heterocycles. The van der Waals surface area contributed by atoms with Crippen LogP contribution in [0, 0.1) is 20.8 Å². The number of benzene rings is 2. The van der Waals surface area contributed by atoms with Gasteiger partial charge in [0.15, 0.2) is 0 Å². The number of aromatic nitrogens is 2. The average molecular weight is 393 g/mol. The third-order valence-electron chi connectivity index (χ3n) is 5.07. The number of nitrogens with one attached hydrogen (secondary N) is 2. The monoisotopic (exact) mass is 392 g/mol. The summed E-state index contributed by atoms with van der Waals surface area (Å²) in [5, 5.41) is 10.6. The van der Waals surface area contributed by atoms with Gasteiger partial charge in [-0.3, -0.25) is 0 Å². The van der Waals surface area contributed by atoms with Crippen LogP contribution in [0.2, 0.25) is 0 Å². The van der Waals surface area contributed by atoms with Gasteiger partial charge < -0.3 is 15.4 Å². The van der Waals surface area contributed by atoms with Crippen LogP contribution in [0.25, 0.3) is 5.69 Å². The lowest BCUT2D eigenvalue weighted by Gasteiger charge is -2.18. The van der Waals surface area contributed by atoms with E-state index in [-0.39, 0.29) is 12.1 Å². The number of para-hydroxylation sites is 1. The first-order valence-electron chi connectivity index (χ1n) is 9.70. The number of hydrogen-bond donors (Lipinski definition) is 2. The molecule has 0 saturated carbocycles. The summed E-state index contributed by atoms with van der Waals surface area (Å²) < 4.78 is 7.33. The fraction of sp³-hybridized carbons (Fsp3) is 0.304. The molecule has 152 valence electrons. The van der Waals surface area contributed by atoms with Crippen LogP contribution >= 0.6 is 0 Å². The van der Waals surface area contributed by atoms with E-state index >= 15 is 0 Å². The van der Waals surface area contributed by atoms with Crippen LogP contribution in [0.1, 0.15) is 41.0 Å². The third-order valence-corrected chi connectivity index (χ3v) is 5.07. The molecule has 3 rings (SSSR count). The smallest absolute Gasteiger partial charge is 0.315 e. The first kappa shape index (κ1) is 20.5. The van der Waals surface area contributed by atoms with Gasteiger partial charge in [0.05, 0.1) is 24.5 Å². The van der Waals surface area contributed by atoms with Crippen molar-refractivity contribution in [3.8, 4) is 11.4 Å². The minimum Gasteiger partial charge on any atom is -0.496 e. The second-order valence-corrected chi connectivity index (χ2v) is 7.19. The van der Waals surface area contributed by atoms with E-state index in [0.29, 0.717) is 6.54 Å². The molecule has 1 atom stereocenters. The molecule has 1 aromatic heterocycles. The highest BCUT2D eigenvalue weighted by Gasteiger charge is 2.16. The van der Waals surface area contributed by atoms with E-state index in [1.54, 1.807) is 7.11 Å². The van der Waals surface area contributed by atoms with Crippen molar-refractivity contribution >= 4 is 6.03 Å². The minimum atomic E-state index is -0.229. The quantitative estimate of drug-likeness (QED) is 0.655. The standard InChI is InChI=1S/C23H28N4O2/c1-15-11-12-22(29-5)20(13-15)16(2)25-23(28)24-14-21-17(3)26-27(18(21)4)19-9-7-6-8-10-19/h6-13,16H,14H2,1-5H3,(H2,24,25,28). The molecule has 0 fully saturated rings. The second-order valence-electron chi connectivity index (χ2n) is 7.19. The number of rotatable bonds is 6. The van der Waals surface area contributed by atoms with E-state index in [2.05, 4.69) is 15.7 Å². The Bertz CT molecular complexity index is 996. The fourth-order valence-corrected chi connectivity index (χ4v) is 3.44. The zero-order valence-corrected chi connectivity index (χ0v) is 17.6. The van der Waals surface area contributed by atoms with E-state index in [9.17, 15) is 4.79 Å². The van der Waals surface area contributed by atoms with Crippen molar-refractivity contribution in [3.05, 3.63) is 76.6 Å². The summed E-state index contributed by atoms with van der Waals surface area (Å²) >= 11 is 0. The molecule has 0 bridgehead atoms. The fourth-order valence-electron chi connectivity index (χ4n) is 3.44. The largest absolute Gasteiger partial charge is 0.496 e. The van der Waals surface area contributed by atoms with Gasteiger partial charge in [-0.05, 0) is 45.9 Å². The van der Waals surface area contributed by atoms with Crippen molar-refractivity contribution in [2.45, 2.75) is 40.3 Å². The first-order chi connectivity index (χ1) is 13.9. The first-order valence-corrected chi connectivity index (χ1v) is 9.70. The Labute approximate surface area is 171 Å². The van der Waals surface area contributed by atoms with Crippen molar-refractivity contribution in [1.82, 2.24) is 20.4 Å². The van der Waals surface area contributed by atoms with Crippen LogP contribution in [0.3, 0.4) is 0 Å². The molecule has 29 heavy (non-hydrogen) atoms. The molecule has 0 aliphatic carbocycles. The number of aryl methyl sites for hydroxylation is 2. The Hall–Kier alpha value is -3.28. The number of urea groups is 1. The zero-order valence-electron chi connectivity index (χ0n) is 17.6. The maximum absolute atomic E-state index is 12.5. The van der Waals surface area contributed by atoms with Crippen LogP contribution in [-0.2, 0) is 6.54 Å². The number of amides is 2. The lowest BCUT2D eigenvalue weighted by atomic mass is 10.0. The predicted octanol–water partition coefficient (Wildman–Crippen LogP) is 4.37. The Morgan fingerprint density at radius 1 is 1.14 bits per heavy atom. The van der Waals surface area contributed by atoms with Crippen LogP contribution in [0.4, 0.5) is 4.79 Å². The molecule has 1 unspecified atom stereocenters. The second kappa shape index (κ2) is 8.82. The summed E-state index contributed by atoms with van der Waals surface area (Å²) in [5.74, 6) is 0.763. The van der Waals surface area contributed by atoms with Crippen molar-refractivity contribution in [2.24, 2.45) is 0 Å². The van der Waals surface area contributed by atoms with Crippen LogP contribution < -0.4 is 15.4 Å². The molecular formula is C23H28N4O2. The van der Waals surface area contributed by atoms with Crippen LogP contribution in [-0.4, -0.2) is 22.9 Å². The van der Waals surface area contributed by atoms with E-state index in [4.69, 9.17) is 4.74 Å². The van der Waals surface area contributed by atoms with Gasteiger partial charge in [-0.25, -0.2) is 9.48 Å². The molecule has 2 N–H and O–H groups in total. The van der Waals surface area contributed by atoms with Crippen molar-refractivity contribution in [3.63, 3.8) is 0 Å². The molecule has 6 nitrogen and oxygen atoms in total. The van der Waals surface area contributed by atoms with Gasteiger partial charge in [0.1, 0.15) is 5.75 Å². The SMILES string of the molecule is COc1ccc(C)cc1C(C)NC(=O)NCc1c(C)nn(-c2ccccc2)c1C. The van der Waals surface area contributed by atoms with Crippen molar-refractivity contribution in [2.75, 3.05) is 7.11 Å². The number of methoxy groups -OCH3 is 1. The normalized spacial score (nSPS) is 11.8. The third kappa shape index (κ3) is 4.59. The summed E-state index contributed by atoms with van der Waals surface area (Å²) in [5.41, 5.74) is 6.01. The summed E-state index contributed by atoms with van der Waals surface area (Å²) in [7, 11) is 1.64. The highest BCUT2D eigenvalue weighted by atomic mass is 16.5. The maximum Gasteiger partial charge on any atom is 0.315 e. The van der Waals surface area contributed by atoms with Crippen LogP contribution in [0.5, 0.6) is 5.75 Å². The number of carbonyl (C=O) groups is 1. The van der Waals surface area contributed by atoms with Gasteiger partial charge in [0.25, 0.3) is 0 Å². The average Bonchev–Trinajstić information content (AvgIpc) is 3.00. The number of ether oxygens (including phenoxy) is 1. The Morgan fingerprint density at radius 3 is 2.55 bits per heavy atom.